The quantitative estimate of drug-likeness (QED) is 0.520. The lowest BCUT2D eigenvalue weighted by molar-refractivity contribution is 0.146. The van der Waals surface area contributed by atoms with E-state index >= 15 is 0 Å². The molecule has 1 saturated carbocycles. The number of carbonyl (C=O) groups is 1. The van der Waals surface area contributed by atoms with Gasteiger partial charge < -0.3 is 24.4 Å². The number of fused-ring (bicyclic) bond motifs is 1. The molecule has 5 rings (SSSR count). The Morgan fingerprint density at radius 2 is 2.12 bits per heavy atom. The minimum Gasteiger partial charge on any atom is -0.491 e. The number of halogens is 1. The standard InChI is InChI=1S/C23H26FN5O4/c1-31-9-10-32-18-12-15(11-16(24)13-18)19-3-2-7-28(19)21-6-8-29-22(27-21)20(14-25-29)33-23(30)26-17-4-5-17/h6,8,11-14,17,19H,2-5,7,9-10H2,1H3,(H,26,30)/t19-/m1/s1. The summed E-state index contributed by atoms with van der Waals surface area (Å²) in [6.45, 7) is 1.56. The summed E-state index contributed by atoms with van der Waals surface area (Å²) in [5.74, 6) is 1.14. The largest absolute Gasteiger partial charge is 0.491 e. The first kappa shape index (κ1) is 21.4. The van der Waals surface area contributed by atoms with Crippen LogP contribution >= 0.6 is 0 Å². The number of aromatic nitrogens is 3. The molecule has 1 saturated heterocycles. The Labute approximate surface area is 190 Å². The monoisotopic (exact) mass is 455 g/mol. The highest BCUT2D eigenvalue weighted by molar-refractivity contribution is 5.74. The Balaban J connectivity index is 1.38. The van der Waals surface area contributed by atoms with Gasteiger partial charge in [0.05, 0.1) is 18.8 Å². The van der Waals surface area contributed by atoms with Crippen LogP contribution in [0.15, 0.2) is 36.7 Å². The summed E-state index contributed by atoms with van der Waals surface area (Å²) >= 11 is 0. The Hall–Kier alpha value is -3.40. The van der Waals surface area contributed by atoms with Gasteiger partial charge in [0.1, 0.15) is 24.0 Å². The lowest BCUT2D eigenvalue weighted by atomic mass is 10.0. The highest BCUT2D eigenvalue weighted by Gasteiger charge is 2.29. The van der Waals surface area contributed by atoms with Crippen LogP contribution in [0.3, 0.4) is 0 Å². The van der Waals surface area contributed by atoms with Crippen molar-refractivity contribution in [3.8, 4) is 11.5 Å². The Bertz CT molecular complexity index is 1150. The molecule has 0 bridgehead atoms. The molecular weight excluding hydrogens is 429 g/mol. The molecule has 1 N–H and O–H groups in total. The third-order valence-electron chi connectivity index (χ3n) is 5.81. The number of benzene rings is 1. The Morgan fingerprint density at radius 1 is 1.24 bits per heavy atom. The summed E-state index contributed by atoms with van der Waals surface area (Å²) in [5, 5.41) is 7.02. The van der Waals surface area contributed by atoms with Gasteiger partial charge in [-0.15, -0.1) is 0 Å². The fraction of sp³-hybridized carbons (Fsp3) is 0.435. The number of rotatable bonds is 8. The summed E-state index contributed by atoms with van der Waals surface area (Å²) in [7, 11) is 1.59. The summed E-state index contributed by atoms with van der Waals surface area (Å²) in [6, 6.07) is 6.80. The topological polar surface area (TPSA) is 90.2 Å². The number of nitrogens with zero attached hydrogens (tertiary/aromatic N) is 4. The number of hydrogen-bond acceptors (Lipinski definition) is 7. The van der Waals surface area contributed by atoms with Gasteiger partial charge >= 0.3 is 6.09 Å². The first-order valence-electron chi connectivity index (χ1n) is 11.1. The fourth-order valence-corrected chi connectivity index (χ4v) is 4.08. The predicted molar refractivity (Wildman–Crippen MR) is 118 cm³/mol. The summed E-state index contributed by atoms with van der Waals surface area (Å²) < 4.78 is 32.0. The maximum Gasteiger partial charge on any atom is 0.413 e. The van der Waals surface area contributed by atoms with E-state index in [0.29, 0.717) is 36.2 Å². The van der Waals surface area contributed by atoms with Gasteiger partial charge in [0.2, 0.25) is 5.65 Å². The maximum absolute atomic E-state index is 14.3. The third-order valence-corrected chi connectivity index (χ3v) is 5.81. The van der Waals surface area contributed by atoms with Crippen LogP contribution in [0.2, 0.25) is 0 Å². The van der Waals surface area contributed by atoms with Crippen molar-refractivity contribution in [2.24, 2.45) is 0 Å². The van der Waals surface area contributed by atoms with Crippen molar-refractivity contribution >= 4 is 17.6 Å². The molecule has 0 unspecified atom stereocenters. The van der Waals surface area contributed by atoms with Crippen LogP contribution in [0.1, 0.15) is 37.3 Å². The lowest BCUT2D eigenvalue weighted by Gasteiger charge is -2.26. The van der Waals surface area contributed by atoms with E-state index in [0.717, 1.165) is 37.8 Å². The summed E-state index contributed by atoms with van der Waals surface area (Å²) in [6.07, 6.45) is 6.52. The van der Waals surface area contributed by atoms with E-state index in [2.05, 4.69) is 15.3 Å². The van der Waals surface area contributed by atoms with E-state index in [9.17, 15) is 9.18 Å². The predicted octanol–water partition coefficient (Wildman–Crippen LogP) is 3.49. The fourth-order valence-electron chi connectivity index (χ4n) is 4.08. The van der Waals surface area contributed by atoms with Gasteiger partial charge in [0.25, 0.3) is 0 Å². The second-order valence-electron chi connectivity index (χ2n) is 8.28. The van der Waals surface area contributed by atoms with Crippen molar-refractivity contribution in [1.29, 1.82) is 0 Å². The van der Waals surface area contributed by atoms with E-state index in [1.807, 2.05) is 12.1 Å². The molecule has 3 heterocycles. The van der Waals surface area contributed by atoms with E-state index in [-0.39, 0.29) is 17.9 Å². The van der Waals surface area contributed by atoms with E-state index in [4.69, 9.17) is 19.2 Å². The number of ether oxygens (including phenoxy) is 3. The second kappa shape index (κ2) is 9.22. The minimum absolute atomic E-state index is 0.0501. The van der Waals surface area contributed by atoms with Gasteiger partial charge in [-0.2, -0.15) is 5.10 Å². The highest BCUT2D eigenvalue weighted by Crippen LogP contribution is 2.37. The molecule has 33 heavy (non-hydrogen) atoms. The van der Waals surface area contributed by atoms with Crippen molar-refractivity contribution in [3.05, 3.63) is 48.0 Å². The van der Waals surface area contributed by atoms with E-state index in [1.165, 1.54) is 12.3 Å². The maximum atomic E-state index is 14.3. The molecule has 0 spiro atoms. The Morgan fingerprint density at radius 3 is 2.94 bits per heavy atom. The zero-order valence-electron chi connectivity index (χ0n) is 18.4. The zero-order chi connectivity index (χ0) is 22.8. The number of hydrogen-bond donors (Lipinski definition) is 1. The van der Waals surface area contributed by atoms with Gasteiger partial charge in [-0.1, -0.05) is 0 Å². The van der Waals surface area contributed by atoms with Crippen molar-refractivity contribution in [2.45, 2.75) is 37.8 Å². The molecule has 1 aliphatic heterocycles. The average molecular weight is 455 g/mol. The minimum atomic E-state index is -0.501. The smallest absolute Gasteiger partial charge is 0.413 e. The molecule has 2 aliphatic rings. The molecule has 10 heteroatoms. The number of amides is 1. The van der Waals surface area contributed by atoms with Crippen LogP contribution in [0.4, 0.5) is 15.0 Å². The third kappa shape index (κ3) is 4.85. The van der Waals surface area contributed by atoms with Crippen LogP contribution in [0, 0.1) is 5.82 Å². The molecule has 1 amide bonds. The van der Waals surface area contributed by atoms with Crippen LogP contribution in [0.5, 0.6) is 11.5 Å². The average Bonchev–Trinajstić information content (AvgIpc) is 3.31. The molecule has 0 radical (unpaired) electrons. The molecule has 3 aromatic rings. The molecule has 2 fully saturated rings. The first-order chi connectivity index (χ1) is 16.1. The highest BCUT2D eigenvalue weighted by atomic mass is 19.1. The number of carbonyl (C=O) groups excluding carboxylic acids is 1. The van der Waals surface area contributed by atoms with Gasteiger partial charge in [0.15, 0.2) is 5.75 Å². The number of anilines is 1. The van der Waals surface area contributed by atoms with Crippen LogP contribution in [-0.4, -0.2) is 53.6 Å². The van der Waals surface area contributed by atoms with Gasteiger partial charge in [-0.3, -0.25) is 0 Å². The number of nitrogens with one attached hydrogen (secondary N) is 1. The van der Waals surface area contributed by atoms with Crippen molar-refractivity contribution in [1.82, 2.24) is 19.9 Å². The van der Waals surface area contributed by atoms with Crippen molar-refractivity contribution in [2.75, 3.05) is 31.8 Å². The molecule has 1 aliphatic carbocycles. The van der Waals surface area contributed by atoms with Gasteiger partial charge in [-0.25, -0.2) is 18.7 Å². The molecule has 174 valence electrons. The zero-order valence-corrected chi connectivity index (χ0v) is 18.4. The van der Waals surface area contributed by atoms with Crippen LogP contribution in [-0.2, 0) is 4.74 Å². The molecule has 1 atom stereocenters. The molecule has 1 aromatic carbocycles. The lowest BCUT2D eigenvalue weighted by Crippen LogP contribution is -2.28. The molecular formula is C23H26FN5O4. The van der Waals surface area contributed by atoms with Crippen molar-refractivity contribution in [3.63, 3.8) is 0 Å². The van der Waals surface area contributed by atoms with E-state index in [1.54, 1.807) is 23.9 Å². The van der Waals surface area contributed by atoms with Gasteiger partial charge in [0, 0.05) is 32.0 Å². The second-order valence-corrected chi connectivity index (χ2v) is 8.28. The molecule has 2 aromatic heterocycles. The van der Waals surface area contributed by atoms with Crippen LogP contribution < -0.4 is 19.7 Å². The summed E-state index contributed by atoms with van der Waals surface area (Å²) in [5.41, 5.74) is 1.28. The normalized spacial score (nSPS) is 18.0. The molecule has 9 nitrogen and oxygen atoms in total. The van der Waals surface area contributed by atoms with Crippen molar-refractivity contribution < 1.29 is 23.4 Å². The van der Waals surface area contributed by atoms with E-state index < -0.39 is 6.09 Å². The SMILES string of the molecule is COCCOc1cc(F)cc([C@H]2CCCN2c2ccn3ncc(OC(=O)NC4CC4)c3n2)c1. The first-order valence-corrected chi connectivity index (χ1v) is 11.1. The Kier molecular flexibility index (Phi) is 5.99. The summed E-state index contributed by atoms with van der Waals surface area (Å²) in [4.78, 5) is 18.9. The number of methoxy groups -OCH3 is 1. The van der Waals surface area contributed by atoms with Crippen LogP contribution in [0.25, 0.3) is 5.65 Å². The van der Waals surface area contributed by atoms with Gasteiger partial charge in [-0.05, 0) is 49.4 Å².